The third-order valence-electron chi connectivity index (χ3n) is 5.65. The molecule has 0 atom stereocenters. The first-order valence-electron chi connectivity index (χ1n) is 11.9. The number of fused-ring (bicyclic) bond motifs is 1. The molecule has 0 aliphatic carbocycles. The molecule has 0 bridgehead atoms. The van der Waals surface area contributed by atoms with Crippen molar-refractivity contribution in [3.05, 3.63) is 36.0 Å². The zero-order chi connectivity index (χ0) is 20.6. The molecule has 29 heavy (non-hydrogen) atoms. The molecule has 2 aromatic rings. The number of hydrogen-bond acceptors (Lipinski definition) is 3. The highest BCUT2D eigenvalue weighted by atomic mass is 16.3. The number of aromatic nitrogens is 1. The number of nitrogens with zero attached hydrogens (tertiary/aromatic N) is 2. The lowest BCUT2D eigenvalue weighted by Gasteiger charge is -2.03. The quantitative estimate of drug-likeness (QED) is 0.232. The van der Waals surface area contributed by atoms with E-state index >= 15 is 0 Å². The van der Waals surface area contributed by atoms with E-state index in [9.17, 15) is 5.11 Å². The van der Waals surface area contributed by atoms with E-state index in [2.05, 4.69) is 16.9 Å². The van der Waals surface area contributed by atoms with Crippen LogP contribution in [-0.4, -0.2) is 22.8 Å². The standard InChI is InChI=1S/C26H40N2O/c1-2-3-4-5-6-7-8-9-10-11-12-13-14-15-20-27-22-23-18-19-25(29)26-24(23)17-16-21-28-26/h16-19,21-22,29H,2-15,20H2,1H3. The third-order valence-corrected chi connectivity index (χ3v) is 5.65. The van der Waals surface area contributed by atoms with E-state index in [1.54, 1.807) is 12.3 Å². The van der Waals surface area contributed by atoms with Crippen LogP contribution in [0.25, 0.3) is 10.9 Å². The summed E-state index contributed by atoms with van der Waals surface area (Å²) in [4.78, 5) is 8.84. The minimum absolute atomic E-state index is 0.227. The van der Waals surface area contributed by atoms with Crippen LogP contribution in [-0.2, 0) is 0 Å². The van der Waals surface area contributed by atoms with E-state index in [1.165, 1.54) is 83.5 Å². The van der Waals surface area contributed by atoms with Crippen molar-refractivity contribution in [1.82, 2.24) is 4.98 Å². The molecule has 3 nitrogen and oxygen atoms in total. The van der Waals surface area contributed by atoms with E-state index in [1.807, 2.05) is 24.4 Å². The number of aromatic hydroxyl groups is 1. The lowest BCUT2D eigenvalue weighted by atomic mass is 10.0. The third kappa shape index (κ3) is 9.43. The maximum absolute atomic E-state index is 9.90. The predicted molar refractivity (Wildman–Crippen MR) is 126 cm³/mol. The molecular formula is C26H40N2O. The molecule has 0 fully saturated rings. The van der Waals surface area contributed by atoms with Gasteiger partial charge in [0.05, 0.1) is 0 Å². The van der Waals surface area contributed by atoms with Gasteiger partial charge in [-0.15, -0.1) is 0 Å². The van der Waals surface area contributed by atoms with Crippen LogP contribution in [0, 0.1) is 0 Å². The molecule has 3 heteroatoms. The number of rotatable bonds is 16. The van der Waals surface area contributed by atoms with Crippen molar-refractivity contribution in [2.75, 3.05) is 6.54 Å². The van der Waals surface area contributed by atoms with Crippen LogP contribution in [0.2, 0.25) is 0 Å². The Morgan fingerprint density at radius 2 is 1.38 bits per heavy atom. The minimum atomic E-state index is 0.227. The topological polar surface area (TPSA) is 45.5 Å². The summed E-state index contributed by atoms with van der Waals surface area (Å²) >= 11 is 0. The van der Waals surface area contributed by atoms with Crippen molar-refractivity contribution in [3.8, 4) is 5.75 Å². The number of aliphatic imine (C=N–C) groups is 1. The molecule has 0 aliphatic rings. The number of phenolic OH excluding ortho intramolecular Hbond substituents is 1. The van der Waals surface area contributed by atoms with Crippen molar-refractivity contribution < 1.29 is 5.11 Å². The van der Waals surface area contributed by atoms with Crippen LogP contribution in [0.15, 0.2) is 35.5 Å². The van der Waals surface area contributed by atoms with Gasteiger partial charge in [0, 0.05) is 29.9 Å². The molecule has 0 saturated carbocycles. The lowest BCUT2D eigenvalue weighted by molar-refractivity contribution is 0.480. The summed E-state index contributed by atoms with van der Waals surface area (Å²) in [6, 6.07) is 7.49. The smallest absolute Gasteiger partial charge is 0.141 e. The molecule has 0 radical (unpaired) electrons. The van der Waals surface area contributed by atoms with Gasteiger partial charge < -0.3 is 5.11 Å². The molecule has 0 aliphatic heterocycles. The van der Waals surface area contributed by atoms with Crippen molar-refractivity contribution >= 4 is 17.1 Å². The fraction of sp³-hybridized carbons (Fsp3) is 0.615. The van der Waals surface area contributed by atoms with E-state index in [0.717, 1.165) is 23.9 Å². The first kappa shape index (κ1) is 23.4. The second kappa shape index (κ2) is 15.0. The van der Waals surface area contributed by atoms with E-state index < -0.39 is 0 Å². The lowest BCUT2D eigenvalue weighted by Crippen LogP contribution is -1.89. The Hall–Kier alpha value is -1.90. The average Bonchev–Trinajstić information content (AvgIpc) is 2.75. The molecule has 1 aromatic carbocycles. The highest BCUT2D eigenvalue weighted by Gasteiger charge is 2.03. The van der Waals surface area contributed by atoms with Crippen molar-refractivity contribution in [2.24, 2.45) is 4.99 Å². The number of pyridine rings is 1. The highest BCUT2D eigenvalue weighted by molar-refractivity contribution is 6.00. The summed E-state index contributed by atoms with van der Waals surface area (Å²) in [6.45, 7) is 3.16. The van der Waals surface area contributed by atoms with Gasteiger partial charge in [0.25, 0.3) is 0 Å². The van der Waals surface area contributed by atoms with Gasteiger partial charge in [0.2, 0.25) is 0 Å². The Kier molecular flexibility index (Phi) is 12.1. The fourth-order valence-corrected chi connectivity index (χ4v) is 3.85. The monoisotopic (exact) mass is 396 g/mol. The molecular weight excluding hydrogens is 356 g/mol. The molecule has 1 heterocycles. The summed E-state index contributed by atoms with van der Waals surface area (Å²) in [6.07, 6.45) is 22.9. The number of hydrogen-bond donors (Lipinski definition) is 1. The molecule has 2 rings (SSSR count). The summed E-state index contributed by atoms with van der Waals surface area (Å²) in [5.74, 6) is 0.227. The second-order valence-electron chi connectivity index (χ2n) is 8.20. The Morgan fingerprint density at radius 3 is 2.00 bits per heavy atom. The maximum atomic E-state index is 9.90. The SMILES string of the molecule is CCCCCCCCCCCCCCCCN=Cc1ccc(O)c2ncccc12. The molecule has 0 saturated heterocycles. The predicted octanol–water partition coefficient (Wildman–Crippen LogP) is 7.84. The van der Waals surface area contributed by atoms with E-state index in [-0.39, 0.29) is 5.75 Å². The van der Waals surface area contributed by atoms with Crippen LogP contribution in [0.4, 0.5) is 0 Å². The largest absolute Gasteiger partial charge is 0.506 e. The van der Waals surface area contributed by atoms with Crippen LogP contribution < -0.4 is 0 Å². The van der Waals surface area contributed by atoms with Gasteiger partial charge in [0.1, 0.15) is 11.3 Å². The van der Waals surface area contributed by atoms with Crippen molar-refractivity contribution in [1.29, 1.82) is 0 Å². The van der Waals surface area contributed by atoms with Gasteiger partial charge in [-0.1, -0.05) is 96.5 Å². The number of phenols is 1. The Bertz CT molecular complexity index is 711. The van der Waals surface area contributed by atoms with E-state index in [4.69, 9.17) is 0 Å². The molecule has 0 spiro atoms. The molecule has 0 unspecified atom stereocenters. The van der Waals surface area contributed by atoms with Gasteiger partial charge >= 0.3 is 0 Å². The first-order chi connectivity index (χ1) is 14.3. The molecule has 0 amide bonds. The minimum Gasteiger partial charge on any atom is -0.506 e. The Balaban J connectivity index is 1.46. The maximum Gasteiger partial charge on any atom is 0.141 e. The van der Waals surface area contributed by atoms with Crippen molar-refractivity contribution in [3.63, 3.8) is 0 Å². The van der Waals surface area contributed by atoms with Gasteiger partial charge in [-0.25, -0.2) is 0 Å². The fourth-order valence-electron chi connectivity index (χ4n) is 3.85. The Morgan fingerprint density at radius 1 is 0.793 bits per heavy atom. The van der Waals surface area contributed by atoms with Gasteiger partial charge in [-0.3, -0.25) is 9.98 Å². The number of benzene rings is 1. The van der Waals surface area contributed by atoms with Gasteiger partial charge in [0.15, 0.2) is 0 Å². The summed E-state index contributed by atoms with van der Waals surface area (Å²) < 4.78 is 0. The molecule has 1 N–H and O–H groups in total. The molecule has 160 valence electrons. The zero-order valence-corrected chi connectivity index (χ0v) is 18.4. The van der Waals surface area contributed by atoms with Crippen LogP contribution in [0.5, 0.6) is 5.75 Å². The van der Waals surface area contributed by atoms with Crippen LogP contribution in [0.3, 0.4) is 0 Å². The average molecular weight is 397 g/mol. The summed E-state index contributed by atoms with van der Waals surface area (Å²) in [5, 5.41) is 10.9. The van der Waals surface area contributed by atoms with Gasteiger partial charge in [-0.2, -0.15) is 0 Å². The molecule has 1 aromatic heterocycles. The normalized spacial score (nSPS) is 11.6. The second-order valence-corrected chi connectivity index (χ2v) is 8.20. The van der Waals surface area contributed by atoms with Gasteiger partial charge in [-0.05, 0) is 24.6 Å². The van der Waals surface area contributed by atoms with E-state index in [0.29, 0.717) is 5.52 Å². The summed E-state index contributed by atoms with van der Waals surface area (Å²) in [7, 11) is 0. The number of unbranched alkanes of at least 4 members (excludes halogenated alkanes) is 13. The Labute approximate surface area is 177 Å². The van der Waals surface area contributed by atoms with Crippen LogP contribution >= 0.6 is 0 Å². The van der Waals surface area contributed by atoms with Crippen LogP contribution in [0.1, 0.15) is 102 Å². The first-order valence-corrected chi connectivity index (χ1v) is 11.9. The van der Waals surface area contributed by atoms with Crippen molar-refractivity contribution in [2.45, 2.75) is 96.8 Å². The summed E-state index contributed by atoms with van der Waals surface area (Å²) in [5.41, 5.74) is 1.67. The highest BCUT2D eigenvalue weighted by Crippen LogP contribution is 2.24. The zero-order valence-electron chi connectivity index (χ0n) is 18.4.